The minimum atomic E-state index is -0.616. The van der Waals surface area contributed by atoms with E-state index >= 15 is 0 Å². The maximum Gasteiger partial charge on any atom is 0.128 e. The van der Waals surface area contributed by atoms with Crippen LogP contribution in [0.4, 0.5) is 5.82 Å². The van der Waals surface area contributed by atoms with Crippen LogP contribution in [0.5, 0.6) is 0 Å². The molecule has 1 aromatic heterocycles. The van der Waals surface area contributed by atoms with Gasteiger partial charge >= 0.3 is 0 Å². The monoisotopic (exact) mass is 256 g/mol. The third-order valence-electron chi connectivity index (χ3n) is 3.41. The number of pyridine rings is 1. The van der Waals surface area contributed by atoms with Crippen molar-refractivity contribution in [3.05, 3.63) is 59.3 Å². The molecular formula is C16H20N2O. The van der Waals surface area contributed by atoms with Gasteiger partial charge in [0.1, 0.15) is 11.9 Å². The zero-order valence-electron chi connectivity index (χ0n) is 11.7. The maximum atomic E-state index is 10.4. The summed E-state index contributed by atoms with van der Waals surface area (Å²) >= 11 is 0. The third kappa shape index (κ3) is 2.93. The highest BCUT2D eigenvalue weighted by Crippen LogP contribution is 2.25. The molecule has 2 aromatic rings. The Balaban J connectivity index is 2.31. The Hall–Kier alpha value is -1.87. The SMILES string of the molecule is CCN(C)c1cc(C)c([C@H](O)c2ccccc2)cn1. The largest absolute Gasteiger partial charge is 0.384 e. The summed E-state index contributed by atoms with van der Waals surface area (Å²) in [5.74, 6) is 0.934. The number of hydrogen-bond donors (Lipinski definition) is 1. The van der Waals surface area contributed by atoms with Gasteiger partial charge in [-0.25, -0.2) is 4.98 Å². The summed E-state index contributed by atoms with van der Waals surface area (Å²) in [6.45, 7) is 5.01. The number of benzene rings is 1. The average molecular weight is 256 g/mol. The molecule has 1 heterocycles. The van der Waals surface area contributed by atoms with Crippen molar-refractivity contribution in [2.75, 3.05) is 18.5 Å². The van der Waals surface area contributed by atoms with Gasteiger partial charge in [-0.05, 0) is 31.0 Å². The highest BCUT2D eigenvalue weighted by molar-refractivity contribution is 5.44. The summed E-state index contributed by atoms with van der Waals surface area (Å²) in [5, 5.41) is 10.4. The molecule has 0 bridgehead atoms. The first kappa shape index (κ1) is 13.6. The second kappa shape index (κ2) is 5.85. The molecule has 2 rings (SSSR count). The van der Waals surface area contributed by atoms with Crippen molar-refractivity contribution in [2.45, 2.75) is 20.0 Å². The molecule has 0 saturated heterocycles. The van der Waals surface area contributed by atoms with Crippen molar-refractivity contribution in [3.8, 4) is 0 Å². The zero-order chi connectivity index (χ0) is 13.8. The lowest BCUT2D eigenvalue weighted by Crippen LogP contribution is -2.17. The fourth-order valence-electron chi connectivity index (χ4n) is 2.02. The molecule has 0 aliphatic rings. The van der Waals surface area contributed by atoms with Crippen molar-refractivity contribution in [2.24, 2.45) is 0 Å². The molecule has 0 aliphatic heterocycles. The van der Waals surface area contributed by atoms with E-state index in [2.05, 4.69) is 16.8 Å². The van der Waals surface area contributed by atoms with Gasteiger partial charge in [0, 0.05) is 25.4 Å². The van der Waals surface area contributed by atoms with Crippen LogP contribution in [0.1, 0.15) is 29.7 Å². The Kier molecular flexibility index (Phi) is 4.17. The van der Waals surface area contributed by atoms with Crippen LogP contribution in [0.15, 0.2) is 42.6 Å². The molecule has 0 spiro atoms. The molecule has 3 heteroatoms. The molecular weight excluding hydrogens is 236 g/mol. The van der Waals surface area contributed by atoms with Crippen LogP contribution < -0.4 is 4.90 Å². The molecule has 0 fully saturated rings. The van der Waals surface area contributed by atoms with Crippen molar-refractivity contribution in [3.63, 3.8) is 0 Å². The molecule has 1 aromatic carbocycles. The van der Waals surface area contributed by atoms with E-state index in [1.54, 1.807) is 6.20 Å². The van der Waals surface area contributed by atoms with Crippen LogP contribution in [0, 0.1) is 6.92 Å². The Morgan fingerprint density at radius 3 is 2.53 bits per heavy atom. The second-order valence-electron chi connectivity index (χ2n) is 4.73. The van der Waals surface area contributed by atoms with Gasteiger partial charge in [-0.3, -0.25) is 0 Å². The first-order chi connectivity index (χ1) is 9.13. The summed E-state index contributed by atoms with van der Waals surface area (Å²) in [6.07, 6.45) is 1.16. The molecule has 3 nitrogen and oxygen atoms in total. The van der Waals surface area contributed by atoms with Gasteiger partial charge in [0.25, 0.3) is 0 Å². The molecule has 0 amide bonds. The van der Waals surface area contributed by atoms with Gasteiger partial charge < -0.3 is 10.0 Å². The van der Waals surface area contributed by atoms with E-state index in [0.717, 1.165) is 29.1 Å². The van der Waals surface area contributed by atoms with Crippen LogP contribution in [0.3, 0.4) is 0 Å². The molecule has 1 N–H and O–H groups in total. The highest BCUT2D eigenvalue weighted by Gasteiger charge is 2.14. The minimum absolute atomic E-state index is 0.616. The summed E-state index contributed by atoms with van der Waals surface area (Å²) in [7, 11) is 2.01. The lowest BCUT2D eigenvalue weighted by Gasteiger charge is -2.19. The van der Waals surface area contributed by atoms with Crippen LogP contribution in [0.25, 0.3) is 0 Å². The quantitative estimate of drug-likeness (QED) is 0.913. The van der Waals surface area contributed by atoms with Gasteiger partial charge in [-0.15, -0.1) is 0 Å². The lowest BCUT2D eigenvalue weighted by molar-refractivity contribution is 0.219. The van der Waals surface area contributed by atoms with Gasteiger partial charge in [0.2, 0.25) is 0 Å². The van der Waals surface area contributed by atoms with Gasteiger partial charge in [0.05, 0.1) is 0 Å². The standard InChI is InChI=1S/C16H20N2O/c1-4-18(3)15-10-12(2)14(11-17-15)16(19)13-8-6-5-7-9-13/h5-11,16,19H,4H2,1-3H3/t16-/m1/s1. The number of aromatic nitrogens is 1. The van der Waals surface area contributed by atoms with Crippen LogP contribution in [-0.2, 0) is 0 Å². The van der Waals surface area contributed by atoms with Gasteiger partial charge in [-0.2, -0.15) is 0 Å². The van der Waals surface area contributed by atoms with Gasteiger partial charge in [-0.1, -0.05) is 30.3 Å². The number of aryl methyl sites for hydroxylation is 1. The van der Waals surface area contributed by atoms with Crippen molar-refractivity contribution < 1.29 is 5.11 Å². The van der Waals surface area contributed by atoms with Crippen molar-refractivity contribution in [1.82, 2.24) is 4.98 Å². The fraction of sp³-hybridized carbons (Fsp3) is 0.312. The zero-order valence-corrected chi connectivity index (χ0v) is 11.7. The number of aliphatic hydroxyl groups excluding tert-OH is 1. The molecule has 0 aliphatic carbocycles. The van der Waals surface area contributed by atoms with E-state index in [1.807, 2.05) is 50.4 Å². The summed E-state index contributed by atoms with van der Waals surface area (Å²) < 4.78 is 0. The summed E-state index contributed by atoms with van der Waals surface area (Å²) in [6, 6.07) is 11.7. The fourth-order valence-corrected chi connectivity index (χ4v) is 2.02. The lowest BCUT2D eigenvalue weighted by atomic mass is 9.99. The molecule has 0 saturated carbocycles. The molecule has 100 valence electrons. The summed E-state index contributed by atoms with van der Waals surface area (Å²) in [4.78, 5) is 6.50. The predicted molar refractivity (Wildman–Crippen MR) is 78.4 cm³/mol. The van der Waals surface area contributed by atoms with E-state index in [-0.39, 0.29) is 0 Å². The number of nitrogens with zero attached hydrogens (tertiary/aromatic N) is 2. The Bertz CT molecular complexity index is 540. The van der Waals surface area contributed by atoms with E-state index in [4.69, 9.17) is 0 Å². The van der Waals surface area contributed by atoms with Crippen LogP contribution >= 0.6 is 0 Å². The first-order valence-electron chi connectivity index (χ1n) is 6.54. The normalized spacial score (nSPS) is 12.2. The third-order valence-corrected chi connectivity index (χ3v) is 3.41. The maximum absolute atomic E-state index is 10.4. The molecule has 1 atom stereocenters. The van der Waals surface area contributed by atoms with E-state index in [1.165, 1.54) is 0 Å². The first-order valence-corrected chi connectivity index (χ1v) is 6.54. The molecule has 19 heavy (non-hydrogen) atoms. The second-order valence-corrected chi connectivity index (χ2v) is 4.73. The number of aliphatic hydroxyl groups is 1. The van der Waals surface area contributed by atoms with Crippen LogP contribution in [0.2, 0.25) is 0 Å². The predicted octanol–water partition coefficient (Wildman–Crippen LogP) is 2.93. The van der Waals surface area contributed by atoms with Crippen molar-refractivity contribution >= 4 is 5.82 Å². The molecule has 0 radical (unpaired) electrons. The minimum Gasteiger partial charge on any atom is -0.384 e. The van der Waals surface area contributed by atoms with E-state index in [0.29, 0.717) is 0 Å². The average Bonchev–Trinajstić information content (AvgIpc) is 2.46. The summed E-state index contributed by atoms with van der Waals surface area (Å²) in [5.41, 5.74) is 2.81. The van der Waals surface area contributed by atoms with E-state index in [9.17, 15) is 5.11 Å². The smallest absolute Gasteiger partial charge is 0.128 e. The number of hydrogen-bond acceptors (Lipinski definition) is 3. The Morgan fingerprint density at radius 2 is 1.95 bits per heavy atom. The van der Waals surface area contributed by atoms with Crippen LogP contribution in [-0.4, -0.2) is 23.7 Å². The Morgan fingerprint density at radius 1 is 1.26 bits per heavy atom. The van der Waals surface area contributed by atoms with E-state index < -0.39 is 6.10 Å². The molecule has 0 unspecified atom stereocenters. The van der Waals surface area contributed by atoms with Crippen molar-refractivity contribution in [1.29, 1.82) is 0 Å². The number of anilines is 1. The highest BCUT2D eigenvalue weighted by atomic mass is 16.3. The topological polar surface area (TPSA) is 36.4 Å². The van der Waals surface area contributed by atoms with Gasteiger partial charge in [0.15, 0.2) is 0 Å². The Labute approximate surface area is 114 Å². The number of rotatable bonds is 4.